The van der Waals surface area contributed by atoms with E-state index in [0.29, 0.717) is 17.0 Å². The number of hydrogen-bond donors (Lipinski definition) is 2. The molecule has 0 spiro atoms. The molecule has 174 valence electrons. The second-order valence-corrected chi connectivity index (χ2v) is 10.5. The number of ether oxygens (including phenoxy) is 1. The molecular weight excluding hydrogens is 426 g/mol. The maximum atomic E-state index is 12.8. The zero-order chi connectivity index (χ0) is 23.3. The molecule has 32 heavy (non-hydrogen) atoms. The van der Waals surface area contributed by atoms with Gasteiger partial charge >= 0.3 is 0 Å². The molecule has 0 aliphatic carbocycles. The lowest BCUT2D eigenvalue weighted by molar-refractivity contribution is 0.102. The Morgan fingerprint density at radius 2 is 1.91 bits per heavy atom. The number of carbonyl (C=O) groups excluding carboxylic acids is 1. The Bertz CT molecular complexity index is 1040. The van der Waals surface area contributed by atoms with Crippen LogP contribution >= 0.6 is 0 Å². The number of carbonyl (C=O) groups is 1. The van der Waals surface area contributed by atoms with Gasteiger partial charge in [-0.15, -0.1) is 0 Å². The van der Waals surface area contributed by atoms with E-state index in [1.807, 2.05) is 12.1 Å². The van der Waals surface area contributed by atoms with Gasteiger partial charge in [-0.25, -0.2) is 13.1 Å². The zero-order valence-electron chi connectivity index (χ0n) is 19.2. The minimum Gasteiger partial charge on any atom is -0.495 e. The Balaban J connectivity index is 1.72. The summed E-state index contributed by atoms with van der Waals surface area (Å²) in [7, 11) is -2.22. The molecule has 0 bridgehead atoms. The first-order chi connectivity index (χ1) is 15.2. The molecule has 1 aliphatic rings. The monoisotopic (exact) mass is 459 g/mol. The summed E-state index contributed by atoms with van der Waals surface area (Å²) in [5.74, 6) is 0.782. The second-order valence-electron chi connectivity index (χ2n) is 8.77. The lowest BCUT2D eigenvalue weighted by Crippen LogP contribution is -2.33. The van der Waals surface area contributed by atoms with Crippen LogP contribution in [0.25, 0.3) is 0 Å². The SMILES string of the molecule is COc1ccc(S(=O)(=O)NC(C)C)cc1NC(=O)c1ccc(CN2CCC[C@@H](C)C2)cc1. The molecule has 0 radical (unpaired) electrons. The normalized spacial score (nSPS) is 17.3. The van der Waals surface area contributed by atoms with Crippen molar-refractivity contribution in [3.8, 4) is 5.75 Å². The van der Waals surface area contributed by atoms with Crippen molar-refractivity contribution in [1.82, 2.24) is 9.62 Å². The number of nitrogens with zero attached hydrogens (tertiary/aromatic N) is 1. The summed E-state index contributed by atoms with van der Waals surface area (Å²) in [5.41, 5.74) is 1.97. The third kappa shape index (κ3) is 6.31. The summed E-state index contributed by atoms with van der Waals surface area (Å²) < 4.78 is 32.9. The molecule has 3 rings (SSSR count). The van der Waals surface area contributed by atoms with E-state index < -0.39 is 10.0 Å². The molecule has 2 N–H and O–H groups in total. The number of amides is 1. The van der Waals surface area contributed by atoms with Crippen LogP contribution in [0.1, 0.15) is 49.5 Å². The Hall–Kier alpha value is -2.42. The van der Waals surface area contributed by atoms with Gasteiger partial charge in [0.05, 0.1) is 17.7 Å². The molecule has 1 saturated heterocycles. The molecule has 1 aliphatic heterocycles. The van der Waals surface area contributed by atoms with Crippen LogP contribution in [0.5, 0.6) is 5.75 Å². The van der Waals surface area contributed by atoms with E-state index in [9.17, 15) is 13.2 Å². The standard InChI is InChI=1S/C24H33N3O4S/c1-17(2)26-32(29,30)21-11-12-23(31-4)22(14-21)25-24(28)20-9-7-19(8-10-20)16-27-13-5-6-18(3)15-27/h7-12,14,17-18,26H,5-6,13,15-16H2,1-4H3,(H,25,28)/t18-/m1/s1. The van der Waals surface area contributed by atoms with Crippen LogP contribution < -0.4 is 14.8 Å². The van der Waals surface area contributed by atoms with Gasteiger partial charge in [0, 0.05) is 24.7 Å². The number of piperidine rings is 1. The van der Waals surface area contributed by atoms with Crippen molar-refractivity contribution >= 4 is 21.6 Å². The second kappa shape index (κ2) is 10.5. The predicted molar refractivity (Wildman–Crippen MR) is 127 cm³/mol. The Morgan fingerprint density at radius 3 is 2.53 bits per heavy atom. The van der Waals surface area contributed by atoms with E-state index in [1.165, 1.54) is 43.7 Å². The van der Waals surface area contributed by atoms with Gasteiger partial charge < -0.3 is 10.1 Å². The van der Waals surface area contributed by atoms with Crippen LogP contribution in [0, 0.1) is 5.92 Å². The summed E-state index contributed by atoms with van der Waals surface area (Å²) in [5, 5.41) is 2.78. The highest BCUT2D eigenvalue weighted by Gasteiger charge is 2.19. The smallest absolute Gasteiger partial charge is 0.255 e. The number of anilines is 1. The third-order valence-corrected chi connectivity index (χ3v) is 7.14. The molecule has 1 atom stereocenters. The third-order valence-electron chi connectivity index (χ3n) is 5.48. The van der Waals surface area contributed by atoms with Gasteiger partial charge in [0.1, 0.15) is 5.75 Å². The van der Waals surface area contributed by atoms with Gasteiger partial charge in [0.15, 0.2) is 0 Å². The van der Waals surface area contributed by atoms with Crippen LogP contribution in [0.2, 0.25) is 0 Å². The van der Waals surface area contributed by atoms with E-state index >= 15 is 0 Å². The highest BCUT2D eigenvalue weighted by molar-refractivity contribution is 7.89. The first-order valence-corrected chi connectivity index (χ1v) is 12.5. The van der Waals surface area contributed by atoms with E-state index in [2.05, 4.69) is 21.9 Å². The highest BCUT2D eigenvalue weighted by Crippen LogP contribution is 2.28. The van der Waals surface area contributed by atoms with Crippen LogP contribution in [-0.4, -0.2) is 45.5 Å². The summed E-state index contributed by atoms with van der Waals surface area (Å²) in [6.45, 7) is 8.87. The van der Waals surface area contributed by atoms with E-state index in [0.717, 1.165) is 25.6 Å². The highest BCUT2D eigenvalue weighted by atomic mass is 32.2. The van der Waals surface area contributed by atoms with E-state index in [1.54, 1.807) is 26.0 Å². The van der Waals surface area contributed by atoms with E-state index in [-0.39, 0.29) is 16.8 Å². The Morgan fingerprint density at radius 1 is 1.19 bits per heavy atom. The van der Waals surface area contributed by atoms with Crippen molar-refractivity contribution in [2.24, 2.45) is 5.92 Å². The molecule has 0 aromatic heterocycles. The van der Waals surface area contributed by atoms with Gasteiger partial charge in [-0.05, 0) is 75.0 Å². The quantitative estimate of drug-likeness (QED) is 0.626. The Kier molecular flexibility index (Phi) is 7.92. The molecule has 2 aromatic rings. The molecule has 0 unspecified atom stereocenters. The average Bonchev–Trinajstić information content (AvgIpc) is 2.73. The number of benzene rings is 2. The lowest BCUT2D eigenvalue weighted by atomic mass is 9.99. The summed E-state index contributed by atoms with van der Waals surface area (Å²) in [6, 6.07) is 11.7. The van der Waals surface area contributed by atoms with Crippen molar-refractivity contribution in [3.63, 3.8) is 0 Å². The Labute approximate surface area is 191 Å². The maximum absolute atomic E-state index is 12.8. The van der Waals surface area contributed by atoms with Crippen molar-refractivity contribution in [1.29, 1.82) is 0 Å². The predicted octanol–water partition coefficient (Wildman–Crippen LogP) is 3.87. The topological polar surface area (TPSA) is 87.7 Å². The van der Waals surface area contributed by atoms with Crippen molar-refractivity contribution < 1.29 is 17.9 Å². The number of sulfonamides is 1. The first kappa shape index (κ1) is 24.2. The van der Waals surface area contributed by atoms with Crippen LogP contribution in [-0.2, 0) is 16.6 Å². The van der Waals surface area contributed by atoms with Crippen LogP contribution in [0.3, 0.4) is 0 Å². The number of likely N-dealkylation sites (tertiary alicyclic amines) is 1. The molecule has 0 saturated carbocycles. The zero-order valence-corrected chi connectivity index (χ0v) is 20.0. The lowest BCUT2D eigenvalue weighted by Gasteiger charge is -2.30. The van der Waals surface area contributed by atoms with Gasteiger partial charge in [-0.3, -0.25) is 9.69 Å². The van der Waals surface area contributed by atoms with Crippen molar-refractivity contribution in [2.45, 2.75) is 51.1 Å². The fourth-order valence-electron chi connectivity index (χ4n) is 3.97. The van der Waals surface area contributed by atoms with Crippen molar-refractivity contribution in [3.05, 3.63) is 53.6 Å². The maximum Gasteiger partial charge on any atom is 0.255 e. The number of rotatable bonds is 8. The fraction of sp³-hybridized carbons (Fsp3) is 0.458. The van der Waals surface area contributed by atoms with Gasteiger partial charge in [-0.1, -0.05) is 19.1 Å². The summed E-state index contributed by atoms with van der Waals surface area (Å²) in [4.78, 5) is 15.3. The molecule has 1 fully saturated rings. The summed E-state index contributed by atoms with van der Waals surface area (Å²) >= 11 is 0. The molecule has 7 nitrogen and oxygen atoms in total. The molecular formula is C24H33N3O4S. The number of nitrogens with one attached hydrogen (secondary N) is 2. The van der Waals surface area contributed by atoms with E-state index in [4.69, 9.17) is 4.74 Å². The number of methoxy groups -OCH3 is 1. The summed E-state index contributed by atoms with van der Waals surface area (Å²) in [6.07, 6.45) is 2.51. The minimum absolute atomic E-state index is 0.0633. The van der Waals surface area contributed by atoms with Crippen molar-refractivity contribution in [2.75, 3.05) is 25.5 Å². The average molecular weight is 460 g/mol. The van der Waals surface area contributed by atoms with Gasteiger partial charge in [0.25, 0.3) is 5.91 Å². The molecule has 2 aromatic carbocycles. The minimum atomic E-state index is -3.69. The molecule has 1 amide bonds. The first-order valence-electron chi connectivity index (χ1n) is 11.0. The van der Waals surface area contributed by atoms with Crippen LogP contribution in [0.4, 0.5) is 5.69 Å². The van der Waals surface area contributed by atoms with Gasteiger partial charge in [-0.2, -0.15) is 0 Å². The number of hydrogen-bond acceptors (Lipinski definition) is 5. The largest absolute Gasteiger partial charge is 0.495 e. The molecule has 8 heteroatoms. The fourth-order valence-corrected chi connectivity index (χ4v) is 5.25. The molecule has 1 heterocycles. The van der Waals surface area contributed by atoms with Gasteiger partial charge in [0.2, 0.25) is 10.0 Å². The van der Waals surface area contributed by atoms with Crippen LogP contribution in [0.15, 0.2) is 47.4 Å².